The lowest BCUT2D eigenvalue weighted by atomic mass is 10.0. The Morgan fingerprint density at radius 2 is 2.09 bits per heavy atom. The summed E-state index contributed by atoms with van der Waals surface area (Å²) in [5.41, 5.74) is 3.13. The predicted octanol–water partition coefficient (Wildman–Crippen LogP) is 4.79. The lowest BCUT2D eigenvalue weighted by molar-refractivity contribution is 0.379. The minimum Gasteiger partial charge on any atom is -0.493 e. The minimum atomic E-state index is 0.411. The molecule has 3 aromatic rings. The van der Waals surface area contributed by atoms with Gasteiger partial charge >= 0.3 is 0 Å². The molecular formula is C18H14N2O2S. The lowest BCUT2D eigenvalue weighted by Crippen LogP contribution is -1.95. The monoisotopic (exact) mass is 322 g/mol. The molecule has 2 aromatic heterocycles. The summed E-state index contributed by atoms with van der Waals surface area (Å²) in [4.78, 5) is 4.36. The Bertz CT molecular complexity index is 867. The Balaban J connectivity index is 2.10. The van der Waals surface area contributed by atoms with E-state index in [1.165, 1.54) is 11.3 Å². The molecule has 4 nitrogen and oxygen atoms in total. The van der Waals surface area contributed by atoms with E-state index in [1.54, 1.807) is 19.4 Å². The SMILES string of the molecule is COc1cc(-c2cc(C)ccn2)cc(C#N)c1Oc1ccsc1. The molecule has 0 saturated heterocycles. The number of hydrogen-bond acceptors (Lipinski definition) is 5. The van der Waals surface area contributed by atoms with Crippen LogP contribution in [0.4, 0.5) is 0 Å². The fourth-order valence-corrected chi connectivity index (χ4v) is 2.76. The van der Waals surface area contributed by atoms with E-state index in [0.29, 0.717) is 22.8 Å². The van der Waals surface area contributed by atoms with E-state index in [1.807, 2.05) is 41.9 Å². The van der Waals surface area contributed by atoms with Gasteiger partial charge in [0.15, 0.2) is 11.5 Å². The van der Waals surface area contributed by atoms with Crippen molar-refractivity contribution in [1.29, 1.82) is 5.26 Å². The maximum absolute atomic E-state index is 9.49. The normalized spacial score (nSPS) is 10.1. The first-order valence-corrected chi connectivity index (χ1v) is 7.90. The van der Waals surface area contributed by atoms with Gasteiger partial charge in [0, 0.05) is 17.1 Å². The summed E-state index contributed by atoms with van der Waals surface area (Å²) in [7, 11) is 1.56. The molecule has 0 saturated carbocycles. The molecule has 5 heteroatoms. The van der Waals surface area contributed by atoms with Crippen molar-refractivity contribution in [1.82, 2.24) is 4.98 Å². The quantitative estimate of drug-likeness (QED) is 0.693. The fourth-order valence-electron chi connectivity index (χ4n) is 2.21. The van der Waals surface area contributed by atoms with E-state index in [-0.39, 0.29) is 0 Å². The van der Waals surface area contributed by atoms with Crippen LogP contribution in [0.5, 0.6) is 17.2 Å². The number of thiophene rings is 1. The topological polar surface area (TPSA) is 55.1 Å². The highest BCUT2D eigenvalue weighted by Crippen LogP contribution is 2.39. The van der Waals surface area contributed by atoms with E-state index >= 15 is 0 Å². The van der Waals surface area contributed by atoms with Gasteiger partial charge in [-0.3, -0.25) is 4.98 Å². The van der Waals surface area contributed by atoms with Crippen molar-refractivity contribution >= 4 is 11.3 Å². The second-order valence-corrected chi connectivity index (χ2v) is 5.73. The van der Waals surface area contributed by atoms with Gasteiger partial charge < -0.3 is 9.47 Å². The van der Waals surface area contributed by atoms with Gasteiger partial charge in [-0.2, -0.15) is 5.26 Å². The van der Waals surface area contributed by atoms with Crippen molar-refractivity contribution in [3.63, 3.8) is 0 Å². The van der Waals surface area contributed by atoms with E-state index in [4.69, 9.17) is 9.47 Å². The third-order valence-corrected chi connectivity index (χ3v) is 3.98. The molecule has 0 aliphatic heterocycles. The van der Waals surface area contributed by atoms with Gasteiger partial charge in [0.25, 0.3) is 0 Å². The van der Waals surface area contributed by atoms with Gasteiger partial charge in [0.2, 0.25) is 0 Å². The molecule has 0 N–H and O–H groups in total. The molecular weight excluding hydrogens is 308 g/mol. The van der Waals surface area contributed by atoms with E-state index in [2.05, 4.69) is 11.1 Å². The molecule has 1 aromatic carbocycles. The number of aryl methyl sites for hydroxylation is 1. The van der Waals surface area contributed by atoms with E-state index in [0.717, 1.165) is 16.8 Å². The Labute approximate surface area is 138 Å². The number of hydrogen-bond donors (Lipinski definition) is 0. The number of rotatable bonds is 4. The summed E-state index contributed by atoms with van der Waals surface area (Å²) in [6.45, 7) is 2.00. The highest BCUT2D eigenvalue weighted by molar-refractivity contribution is 7.08. The van der Waals surface area contributed by atoms with E-state index < -0.39 is 0 Å². The average molecular weight is 322 g/mol. The van der Waals surface area contributed by atoms with Crippen molar-refractivity contribution in [3.8, 4) is 34.6 Å². The van der Waals surface area contributed by atoms with Crippen molar-refractivity contribution in [3.05, 3.63) is 58.4 Å². The lowest BCUT2D eigenvalue weighted by Gasteiger charge is -2.13. The summed E-state index contributed by atoms with van der Waals surface area (Å²) in [5.74, 6) is 1.62. The first-order chi connectivity index (χ1) is 11.2. The zero-order valence-corrected chi connectivity index (χ0v) is 13.6. The largest absolute Gasteiger partial charge is 0.493 e. The summed E-state index contributed by atoms with van der Waals surface area (Å²) >= 11 is 1.53. The number of benzene rings is 1. The Kier molecular flexibility index (Phi) is 4.26. The van der Waals surface area contributed by atoms with Crippen LogP contribution in [0.15, 0.2) is 47.3 Å². The van der Waals surface area contributed by atoms with Crippen molar-refractivity contribution in [2.75, 3.05) is 7.11 Å². The van der Waals surface area contributed by atoms with Crippen LogP contribution >= 0.6 is 11.3 Å². The van der Waals surface area contributed by atoms with Crippen molar-refractivity contribution in [2.24, 2.45) is 0 Å². The zero-order chi connectivity index (χ0) is 16.2. The van der Waals surface area contributed by atoms with Crippen LogP contribution in [0.1, 0.15) is 11.1 Å². The van der Waals surface area contributed by atoms with Crippen LogP contribution in [0.2, 0.25) is 0 Å². The maximum Gasteiger partial charge on any atom is 0.187 e. The van der Waals surface area contributed by atoms with Gasteiger partial charge in [0.1, 0.15) is 11.8 Å². The smallest absolute Gasteiger partial charge is 0.187 e. The highest BCUT2D eigenvalue weighted by atomic mass is 32.1. The fraction of sp³-hybridized carbons (Fsp3) is 0.111. The summed E-state index contributed by atoms with van der Waals surface area (Å²) in [6, 6.07) is 11.5. The molecule has 0 unspecified atom stereocenters. The third-order valence-electron chi connectivity index (χ3n) is 3.32. The average Bonchev–Trinajstić information content (AvgIpc) is 3.08. The first-order valence-electron chi connectivity index (χ1n) is 6.96. The zero-order valence-electron chi connectivity index (χ0n) is 12.7. The first kappa shape index (κ1) is 15.1. The van der Waals surface area contributed by atoms with Crippen molar-refractivity contribution < 1.29 is 9.47 Å². The molecule has 3 rings (SSSR count). The molecule has 0 bridgehead atoms. The number of methoxy groups -OCH3 is 1. The molecule has 0 aliphatic rings. The number of nitrogens with zero attached hydrogens (tertiary/aromatic N) is 2. The molecule has 0 atom stereocenters. The van der Waals surface area contributed by atoms with Crippen LogP contribution in [0, 0.1) is 18.3 Å². The summed E-state index contributed by atoms with van der Waals surface area (Å²) < 4.78 is 11.2. The summed E-state index contributed by atoms with van der Waals surface area (Å²) in [6.07, 6.45) is 1.75. The van der Waals surface area contributed by atoms with Gasteiger partial charge in [0.05, 0.1) is 18.4 Å². The molecule has 0 fully saturated rings. The number of ether oxygens (including phenoxy) is 2. The number of pyridine rings is 1. The molecule has 23 heavy (non-hydrogen) atoms. The van der Waals surface area contributed by atoms with E-state index in [9.17, 15) is 5.26 Å². The predicted molar refractivity (Wildman–Crippen MR) is 90.1 cm³/mol. The minimum absolute atomic E-state index is 0.411. The molecule has 0 aliphatic carbocycles. The Hall–Kier alpha value is -2.84. The van der Waals surface area contributed by atoms with Gasteiger partial charge in [-0.1, -0.05) is 0 Å². The number of nitriles is 1. The summed E-state index contributed by atoms with van der Waals surface area (Å²) in [5, 5.41) is 13.3. The van der Waals surface area contributed by atoms with Gasteiger partial charge in [-0.05, 0) is 48.2 Å². The second kappa shape index (κ2) is 6.51. The molecule has 0 radical (unpaired) electrons. The molecule has 2 heterocycles. The van der Waals surface area contributed by atoms with Crippen LogP contribution < -0.4 is 9.47 Å². The van der Waals surface area contributed by atoms with Crippen LogP contribution in [0.3, 0.4) is 0 Å². The standard InChI is InChI=1S/C18H14N2O2S/c1-12-3-5-20-16(7-12)13-8-14(10-19)18(17(9-13)21-2)22-15-4-6-23-11-15/h3-9,11H,1-2H3. The van der Waals surface area contributed by atoms with Crippen LogP contribution in [-0.4, -0.2) is 12.1 Å². The second-order valence-electron chi connectivity index (χ2n) is 4.95. The van der Waals surface area contributed by atoms with Crippen LogP contribution in [0.25, 0.3) is 11.3 Å². The Morgan fingerprint density at radius 1 is 1.22 bits per heavy atom. The molecule has 114 valence electrons. The van der Waals surface area contributed by atoms with Crippen LogP contribution in [-0.2, 0) is 0 Å². The maximum atomic E-state index is 9.49. The van der Waals surface area contributed by atoms with Gasteiger partial charge in [-0.25, -0.2) is 0 Å². The highest BCUT2D eigenvalue weighted by Gasteiger charge is 2.16. The van der Waals surface area contributed by atoms with Gasteiger partial charge in [-0.15, -0.1) is 11.3 Å². The third kappa shape index (κ3) is 3.17. The number of aromatic nitrogens is 1. The molecule has 0 amide bonds. The Morgan fingerprint density at radius 3 is 2.74 bits per heavy atom. The molecule has 0 spiro atoms. The van der Waals surface area contributed by atoms with Crippen molar-refractivity contribution in [2.45, 2.75) is 6.92 Å².